The summed E-state index contributed by atoms with van der Waals surface area (Å²) in [6.07, 6.45) is 2.90. The van der Waals surface area contributed by atoms with Crippen molar-refractivity contribution in [3.63, 3.8) is 0 Å². The van der Waals surface area contributed by atoms with Gasteiger partial charge in [-0.2, -0.15) is 4.31 Å². The largest absolute Gasteiger partial charge is 0.326 e. The van der Waals surface area contributed by atoms with E-state index in [-0.39, 0.29) is 23.1 Å². The molecule has 2 aromatic rings. The fraction of sp³-hybridized carbons (Fsp3) is 0.417. The molecule has 1 N–H and O–H groups in total. The van der Waals surface area contributed by atoms with Crippen LogP contribution in [0.4, 0.5) is 11.4 Å². The number of sulfonamides is 1. The molecule has 0 aromatic heterocycles. The van der Waals surface area contributed by atoms with Crippen LogP contribution in [-0.4, -0.2) is 44.2 Å². The van der Waals surface area contributed by atoms with Crippen molar-refractivity contribution in [1.29, 1.82) is 0 Å². The van der Waals surface area contributed by atoms with Crippen LogP contribution in [0.3, 0.4) is 0 Å². The minimum atomic E-state index is -3.58. The molecule has 7 nitrogen and oxygen atoms in total. The van der Waals surface area contributed by atoms with Crippen molar-refractivity contribution in [3.8, 4) is 0 Å². The fourth-order valence-electron chi connectivity index (χ4n) is 4.38. The summed E-state index contributed by atoms with van der Waals surface area (Å²) in [5, 5.41) is 2.82. The van der Waals surface area contributed by atoms with Gasteiger partial charge in [-0.3, -0.25) is 9.59 Å². The first-order valence-electron chi connectivity index (χ1n) is 11.0. The molecule has 2 fully saturated rings. The van der Waals surface area contributed by atoms with E-state index in [4.69, 9.17) is 0 Å². The second-order valence-electron chi connectivity index (χ2n) is 8.61. The molecule has 2 aliphatic rings. The van der Waals surface area contributed by atoms with E-state index in [0.717, 1.165) is 36.1 Å². The van der Waals surface area contributed by atoms with Gasteiger partial charge in [0.1, 0.15) is 0 Å². The predicted octanol–water partition coefficient (Wildman–Crippen LogP) is 3.47. The number of carbonyl (C=O) groups excluding carboxylic acids is 2. The lowest BCUT2D eigenvalue weighted by Gasteiger charge is -2.26. The number of benzene rings is 2. The lowest BCUT2D eigenvalue weighted by Crippen LogP contribution is -2.35. The molecule has 0 aliphatic carbocycles. The molecule has 4 rings (SSSR count). The Labute approximate surface area is 189 Å². The van der Waals surface area contributed by atoms with Crippen LogP contribution in [0.2, 0.25) is 0 Å². The minimum absolute atomic E-state index is 0.0831. The number of nitrogens with one attached hydrogen (secondary N) is 1. The Morgan fingerprint density at radius 3 is 2.50 bits per heavy atom. The maximum atomic E-state index is 12.9. The molecule has 2 amide bonds. The van der Waals surface area contributed by atoms with Crippen LogP contribution < -0.4 is 10.2 Å². The Hall–Kier alpha value is -2.71. The molecule has 0 spiro atoms. The van der Waals surface area contributed by atoms with E-state index in [1.807, 2.05) is 32.0 Å². The Morgan fingerprint density at radius 1 is 1.03 bits per heavy atom. The molecule has 2 aromatic carbocycles. The van der Waals surface area contributed by atoms with Crippen LogP contribution in [0.25, 0.3) is 0 Å². The maximum absolute atomic E-state index is 12.9. The number of piperidine rings is 1. The van der Waals surface area contributed by atoms with Crippen molar-refractivity contribution in [2.24, 2.45) is 5.92 Å². The number of hydrogen-bond acceptors (Lipinski definition) is 4. The van der Waals surface area contributed by atoms with E-state index >= 15 is 0 Å². The Bertz CT molecular complexity index is 1140. The van der Waals surface area contributed by atoms with Crippen molar-refractivity contribution in [2.45, 2.75) is 44.4 Å². The third-order valence-electron chi connectivity index (χ3n) is 6.42. The van der Waals surface area contributed by atoms with Gasteiger partial charge in [0.2, 0.25) is 21.8 Å². The molecular formula is C24H29N3O4S. The topological polar surface area (TPSA) is 86.8 Å². The molecule has 2 saturated heterocycles. The van der Waals surface area contributed by atoms with Crippen molar-refractivity contribution >= 4 is 33.2 Å². The highest BCUT2D eigenvalue weighted by Gasteiger charge is 2.36. The van der Waals surface area contributed by atoms with Gasteiger partial charge in [0.25, 0.3) is 0 Å². The lowest BCUT2D eigenvalue weighted by molar-refractivity contribution is -0.122. The van der Waals surface area contributed by atoms with Gasteiger partial charge in [0, 0.05) is 37.4 Å². The quantitative estimate of drug-likeness (QED) is 0.748. The van der Waals surface area contributed by atoms with Gasteiger partial charge in [0.05, 0.1) is 10.8 Å². The summed E-state index contributed by atoms with van der Waals surface area (Å²) in [7, 11) is -3.58. The first-order chi connectivity index (χ1) is 15.3. The van der Waals surface area contributed by atoms with Gasteiger partial charge in [-0.1, -0.05) is 24.6 Å². The Morgan fingerprint density at radius 2 is 1.75 bits per heavy atom. The summed E-state index contributed by atoms with van der Waals surface area (Å²) in [5.74, 6) is -0.858. The van der Waals surface area contributed by atoms with Gasteiger partial charge in [-0.05, 0) is 62.1 Å². The van der Waals surface area contributed by atoms with E-state index in [9.17, 15) is 18.0 Å². The molecule has 0 radical (unpaired) electrons. The summed E-state index contributed by atoms with van der Waals surface area (Å²) in [4.78, 5) is 27.4. The SMILES string of the molecule is Cc1cccc(N2C[C@H](C(=O)Nc3cccc(S(=O)(=O)N4CCCCC4)c3)CC2=O)c1C. The highest BCUT2D eigenvalue weighted by atomic mass is 32.2. The molecular weight excluding hydrogens is 426 g/mol. The number of aryl methyl sites for hydroxylation is 1. The number of nitrogens with zero attached hydrogens (tertiary/aromatic N) is 2. The van der Waals surface area contributed by atoms with Gasteiger partial charge < -0.3 is 10.2 Å². The Balaban J connectivity index is 1.47. The van der Waals surface area contributed by atoms with Crippen LogP contribution in [0, 0.1) is 19.8 Å². The third-order valence-corrected chi connectivity index (χ3v) is 8.31. The smallest absolute Gasteiger partial charge is 0.243 e. The van der Waals surface area contributed by atoms with Gasteiger partial charge in [-0.15, -0.1) is 0 Å². The molecule has 0 saturated carbocycles. The van der Waals surface area contributed by atoms with Gasteiger partial charge >= 0.3 is 0 Å². The third kappa shape index (κ3) is 4.42. The van der Waals surface area contributed by atoms with E-state index in [2.05, 4.69) is 5.32 Å². The van der Waals surface area contributed by atoms with Crippen LogP contribution in [-0.2, 0) is 19.6 Å². The molecule has 2 heterocycles. The van der Waals surface area contributed by atoms with Gasteiger partial charge in [0.15, 0.2) is 0 Å². The average Bonchev–Trinajstić information content (AvgIpc) is 3.18. The first-order valence-corrected chi connectivity index (χ1v) is 12.5. The standard InChI is InChI=1S/C24H29N3O4S/c1-17-8-6-11-22(18(17)2)27-16-19(14-23(27)28)24(29)25-20-9-7-10-21(15-20)32(30,31)26-12-4-3-5-13-26/h6-11,15,19H,3-5,12-14,16H2,1-2H3,(H,25,29)/t19-/m1/s1. The summed E-state index contributed by atoms with van der Waals surface area (Å²) >= 11 is 0. The van der Waals surface area contributed by atoms with Gasteiger partial charge in [-0.25, -0.2) is 8.42 Å². The number of anilines is 2. The second kappa shape index (κ2) is 9.03. The molecule has 0 unspecified atom stereocenters. The molecule has 32 heavy (non-hydrogen) atoms. The molecule has 2 aliphatic heterocycles. The summed E-state index contributed by atoms with van der Waals surface area (Å²) < 4.78 is 27.4. The predicted molar refractivity (Wildman–Crippen MR) is 124 cm³/mol. The number of amides is 2. The number of hydrogen-bond donors (Lipinski definition) is 1. The zero-order chi connectivity index (χ0) is 22.9. The van der Waals surface area contributed by atoms with Crippen molar-refractivity contribution in [1.82, 2.24) is 4.31 Å². The second-order valence-corrected chi connectivity index (χ2v) is 10.5. The van der Waals surface area contributed by atoms with E-state index in [1.165, 1.54) is 10.4 Å². The van der Waals surface area contributed by atoms with Crippen molar-refractivity contribution in [3.05, 3.63) is 53.6 Å². The normalized spacial score (nSPS) is 19.9. The first kappa shape index (κ1) is 22.5. The molecule has 170 valence electrons. The fourth-order valence-corrected chi connectivity index (χ4v) is 5.94. The van der Waals surface area contributed by atoms with Crippen LogP contribution in [0.5, 0.6) is 0 Å². The van der Waals surface area contributed by atoms with Crippen LogP contribution in [0.15, 0.2) is 47.4 Å². The van der Waals surface area contributed by atoms with E-state index < -0.39 is 15.9 Å². The van der Waals surface area contributed by atoms with E-state index in [1.54, 1.807) is 23.1 Å². The Kier molecular flexibility index (Phi) is 6.35. The number of carbonyl (C=O) groups is 2. The van der Waals surface area contributed by atoms with Crippen LogP contribution >= 0.6 is 0 Å². The zero-order valence-electron chi connectivity index (χ0n) is 18.5. The summed E-state index contributed by atoms with van der Waals surface area (Å²) in [5.41, 5.74) is 3.37. The maximum Gasteiger partial charge on any atom is 0.243 e. The molecule has 0 bridgehead atoms. The monoisotopic (exact) mass is 455 g/mol. The molecule has 8 heteroatoms. The number of rotatable bonds is 5. The zero-order valence-corrected chi connectivity index (χ0v) is 19.3. The van der Waals surface area contributed by atoms with Crippen molar-refractivity contribution in [2.75, 3.05) is 29.9 Å². The summed E-state index contributed by atoms with van der Waals surface area (Å²) in [6.45, 7) is 5.32. The van der Waals surface area contributed by atoms with Crippen molar-refractivity contribution < 1.29 is 18.0 Å². The molecule has 1 atom stereocenters. The highest BCUT2D eigenvalue weighted by molar-refractivity contribution is 7.89. The van der Waals surface area contributed by atoms with Crippen LogP contribution in [0.1, 0.15) is 36.8 Å². The lowest BCUT2D eigenvalue weighted by atomic mass is 10.1. The minimum Gasteiger partial charge on any atom is -0.326 e. The average molecular weight is 456 g/mol. The summed E-state index contributed by atoms with van der Waals surface area (Å²) in [6, 6.07) is 12.2. The van der Waals surface area contributed by atoms with E-state index in [0.29, 0.717) is 25.3 Å². The highest BCUT2D eigenvalue weighted by Crippen LogP contribution is 2.30.